The van der Waals surface area contributed by atoms with Crippen LogP contribution in [0, 0.1) is 0 Å². The van der Waals surface area contributed by atoms with Crippen LogP contribution in [-0.4, -0.2) is 14.4 Å². The number of aromatic nitrogens is 3. The molecule has 0 bridgehead atoms. The van der Waals surface area contributed by atoms with Gasteiger partial charge in [-0.25, -0.2) is 4.98 Å². The van der Waals surface area contributed by atoms with E-state index in [4.69, 9.17) is 9.72 Å². The number of fused-ring (bicyclic) bond motifs is 8. The lowest BCUT2D eigenvalue weighted by atomic mass is 9.87. The van der Waals surface area contributed by atoms with Crippen molar-refractivity contribution >= 4 is 38.4 Å². The lowest BCUT2D eigenvalue weighted by molar-refractivity contribution is 0.483. The monoisotopic (exact) mass is 493 g/mol. The zero-order chi connectivity index (χ0) is 25.9. The van der Waals surface area contributed by atoms with Crippen molar-refractivity contribution in [3.05, 3.63) is 115 Å². The molecule has 4 heteroatoms. The summed E-state index contributed by atoms with van der Waals surface area (Å²) in [7, 11) is 0. The van der Waals surface area contributed by atoms with Crippen LogP contribution >= 0.6 is 0 Å². The number of pyridine rings is 2. The van der Waals surface area contributed by atoms with Crippen LogP contribution in [0.25, 0.3) is 49.6 Å². The van der Waals surface area contributed by atoms with Gasteiger partial charge in [0, 0.05) is 22.5 Å². The first-order valence-corrected chi connectivity index (χ1v) is 12.9. The molecule has 0 aliphatic heterocycles. The summed E-state index contributed by atoms with van der Waals surface area (Å²) in [5, 5.41) is 3.41. The number of imidazole rings is 1. The SMILES string of the molecule is CC(C)(C)c1ccnc(-c2cccc(Oc3ccc4c5ccccc5n5c6ccccc6nc5c4c3)c2)c1. The zero-order valence-electron chi connectivity index (χ0n) is 21.6. The molecule has 3 aromatic heterocycles. The van der Waals surface area contributed by atoms with E-state index in [-0.39, 0.29) is 5.41 Å². The van der Waals surface area contributed by atoms with Crippen molar-refractivity contribution in [2.24, 2.45) is 0 Å². The van der Waals surface area contributed by atoms with Gasteiger partial charge in [-0.3, -0.25) is 9.38 Å². The Bertz CT molecular complexity index is 2000. The molecule has 0 radical (unpaired) electrons. The van der Waals surface area contributed by atoms with Gasteiger partial charge in [-0.1, -0.05) is 63.2 Å². The van der Waals surface area contributed by atoms with Gasteiger partial charge >= 0.3 is 0 Å². The van der Waals surface area contributed by atoms with E-state index in [0.29, 0.717) is 0 Å². The fourth-order valence-corrected chi connectivity index (χ4v) is 5.26. The van der Waals surface area contributed by atoms with Crippen LogP contribution in [0.4, 0.5) is 0 Å². The summed E-state index contributed by atoms with van der Waals surface area (Å²) in [6.07, 6.45) is 1.89. The van der Waals surface area contributed by atoms with E-state index in [9.17, 15) is 0 Å². The van der Waals surface area contributed by atoms with E-state index in [1.807, 2.05) is 30.5 Å². The van der Waals surface area contributed by atoms with Crippen molar-refractivity contribution in [1.29, 1.82) is 0 Å². The van der Waals surface area contributed by atoms with Crippen LogP contribution in [0.15, 0.2) is 109 Å². The summed E-state index contributed by atoms with van der Waals surface area (Å²) in [4.78, 5) is 9.65. The van der Waals surface area contributed by atoms with Crippen LogP contribution in [0.2, 0.25) is 0 Å². The number of para-hydroxylation sites is 3. The molecular weight excluding hydrogens is 466 g/mol. The molecule has 0 atom stereocenters. The van der Waals surface area contributed by atoms with Crippen molar-refractivity contribution in [3.8, 4) is 22.8 Å². The van der Waals surface area contributed by atoms with Gasteiger partial charge < -0.3 is 4.74 Å². The van der Waals surface area contributed by atoms with Gasteiger partial charge in [0.1, 0.15) is 17.1 Å². The average molecular weight is 494 g/mol. The normalized spacial score (nSPS) is 12.1. The minimum absolute atomic E-state index is 0.0596. The molecule has 0 saturated heterocycles. The van der Waals surface area contributed by atoms with Gasteiger partial charge in [0.2, 0.25) is 0 Å². The van der Waals surface area contributed by atoms with Crippen molar-refractivity contribution in [3.63, 3.8) is 0 Å². The third-order valence-electron chi connectivity index (χ3n) is 7.22. The third-order valence-corrected chi connectivity index (χ3v) is 7.22. The fourth-order valence-electron chi connectivity index (χ4n) is 5.26. The number of benzene rings is 4. The van der Waals surface area contributed by atoms with Crippen molar-refractivity contribution < 1.29 is 4.74 Å². The third kappa shape index (κ3) is 3.69. The van der Waals surface area contributed by atoms with Crippen molar-refractivity contribution in [2.75, 3.05) is 0 Å². The second-order valence-corrected chi connectivity index (χ2v) is 10.8. The van der Waals surface area contributed by atoms with E-state index in [2.05, 4.69) is 109 Å². The summed E-state index contributed by atoms with van der Waals surface area (Å²) >= 11 is 0. The smallest absolute Gasteiger partial charge is 0.146 e. The number of nitrogens with zero attached hydrogens (tertiary/aromatic N) is 3. The molecule has 0 fully saturated rings. The van der Waals surface area contributed by atoms with E-state index in [0.717, 1.165) is 55.7 Å². The first kappa shape index (κ1) is 22.5. The Balaban J connectivity index is 1.35. The summed E-state index contributed by atoms with van der Waals surface area (Å²) in [6, 6.07) is 35.5. The first-order chi connectivity index (χ1) is 18.5. The zero-order valence-corrected chi connectivity index (χ0v) is 21.6. The average Bonchev–Trinajstić information content (AvgIpc) is 3.33. The number of hydrogen-bond donors (Lipinski definition) is 0. The molecule has 0 aliphatic rings. The van der Waals surface area contributed by atoms with Gasteiger partial charge in [0.15, 0.2) is 0 Å². The molecule has 0 aliphatic carbocycles. The highest BCUT2D eigenvalue weighted by atomic mass is 16.5. The standard InChI is InChI=1S/C34H27N3O/c1-34(2,3)23-17-18-35-30(20-23)22-9-8-10-24(19-22)38-25-15-16-26-27-11-4-6-13-31(27)37-32-14-7-5-12-29(32)36-33(37)28(26)21-25/h4-21H,1-3H3. The van der Waals surface area contributed by atoms with Gasteiger partial charge in [-0.15, -0.1) is 0 Å². The maximum absolute atomic E-state index is 6.42. The molecule has 7 rings (SSSR count). The molecule has 4 nitrogen and oxygen atoms in total. The topological polar surface area (TPSA) is 39.4 Å². The van der Waals surface area contributed by atoms with Crippen molar-refractivity contribution in [2.45, 2.75) is 26.2 Å². The van der Waals surface area contributed by atoms with Crippen molar-refractivity contribution in [1.82, 2.24) is 14.4 Å². The fraction of sp³-hybridized carbons (Fsp3) is 0.118. The molecule has 0 N–H and O–H groups in total. The van der Waals surface area contributed by atoms with E-state index in [1.54, 1.807) is 0 Å². The summed E-state index contributed by atoms with van der Waals surface area (Å²) in [6.45, 7) is 6.65. The Labute approximate surface area is 221 Å². The van der Waals surface area contributed by atoms with Crippen LogP contribution < -0.4 is 4.74 Å². The quantitative estimate of drug-likeness (QED) is 0.231. The van der Waals surface area contributed by atoms with Crippen LogP contribution in [0.1, 0.15) is 26.3 Å². The number of hydrogen-bond acceptors (Lipinski definition) is 3. The second-order valence-electron chi connectivity index (χ2n) is 10.8. The minimum Gasteiger partial charge on any atom is -0.457 e. The highest BCUT2D eigenvalue weighted by Gasteiger charge is 2.16. The molecule has 38 heavy (non-hydrogen) atoms. The first-order valence-electron chi connectivity index (χ1n) is 12.9. The summed E-state index contributed by atoms with van der Waals surface area (Å²) in [5.41, 5.74) is 7.45. The molecular formula is C34H27N3O. The molecule has 0 spiro atoms. The largest absolute Gasteiger partial charge is 0.457 e. The molecule has 0 saturated carbocycles. The lowest BCUT2D eigenvalue weighted by Gasteiger charge is -2.19. The van der Waals surface area contributed by atoms with E-state index in [1.165, 1.54) is 10.9 Å². The maximum Gasteiger partial charge on any atom is 0.146 e. The number of ether oxygens (including phenoxy) is 1. The lowest BCUT2D eigenvalue weighted by Crippen LogP contribution is -2.11. The summed E-state index contributed by atoms with van der Waals surface area (Å²) < 4.78 is 8.67. The Hall–Kier alpha value is -4.70. The summed E-state index contributed by atoms with van der Waals surface area (Å²) in [5.74, 6) is 1.55. The predicted octanol–water partition coefficient (Wildman–Crippen LogP) is 8.95. The molecule has 0 unspecified atom stereocenters. The van der Waals surface area contributed by atoms with E-state index < -0.39 is 0 Å². The highest BCUT2D eigenvalue weighted by Crippen LogP contribution is 2.36. The van der Waals surface area contributed by atoms with Gasteiger partial charge in [-0.05, 0) is 77.0 Å². The molecule has 7 aromatic rings. The van der Waals surface area contributed by atoms with Crippen LogP contribution in [0.3, 0.4) is 0 Å². The Morgan fingerprint density at radius 3 is 2.32 bits per heavy atom. The minimum atomic E-state index is 0.0596. The molecule has 0 amide bonds. The Morgan fingerprint density at radius 1 is 0.658 bits per heavy atom. The number of rotatable bonds is 3. The Morgan fingerprint density at radius 2 is 1.45 bits per heavy atom. The van der Waals surface area contributed by atoms with Crippen LogP contribution in [-0.2, 0) is 5.41 Å². The van der Waals surface area contributed by atoms with Gasteiger partial charge in [0.05, 0.1) is 22.2 Å². The Kier molecular flexibility index (Phi) is 4.98. The predicted molar refractivity (Wildman–Crippen MR) is 156 cm³/mol. The molecule has 3 heterocycles. The maximum atomic E-state index is 6.42. The van der Waals surface area contributed by atoms with Gasteiger partial charge in [-0.2, -0.15) is 0 Å². The molecule has 184 valence electrons. The van der Waals surface area contributed by atoms with Crippen LogP contribution in [0.5, 0.6) is 11.5 Å². The molecule has 4 aromatic carbocycles. The van der Waals surface area contributed by atoms with Gasteiger partial charge in [0.25, 0.3) is 0 Å². The second kappa shape index (κ2) is 8.42. The highest BCUT2D eigenvalue weighted by molar-refractivity contribution is 6.14. The van der Waals surface area contributed by atoms with E-state index >= 15 is 0 Å².